The lowest BCUT2D eigenvalue weighted by molar-refractivity contribution is 0.100. The van der Waals surface area contributed by atoms with Crippen LogP contribution < -0.4 is 15.8 Å². The van der Waals surface area contributed by atoms with Gasteiger partial charge in [-0.1, -0.05) is 18.6 Å². The van der Waals surface area contributed by atoms with Crippen LogP contribution in [-0.2, 0) is 12.8 Å². The largest absolute Gasteiger partial charge is 0.496 e. The van der Waals surface area contributed by atoms with Gasteiger partial charge in [0.1, 0.15) is 10.8 Å². The van der Waals surface area contributed by atoms with E-state index in [1.807, 2.05) is 0 Å². The van der Waals surface area contributed by atoms with E-state index in [0.717, 1.165) is 42.5 Å². The van der Waals surface area contributed by atoms with Crippen molar-refractivity contribution < 1.29 is 14.3 Å². The van der Waals surface area contributed by atoms with Crippen molar-refractivity contribution in [3.05, 3.63) is 45.8 Å². The molecule has 2 amide bonds. The van der Waals surface area contributed by atoms with Crippen molar-refractivity contribution in [2.45, 2.75) is 32.1 Å². The van der Waals surface area contributed by atoms with Gasteiger partial charge >= 0.3 is 0 Å². The molecule has 0 fully saturated rings. The number of methoxy groups -OCH3 is 1. The Morgan fingerprint density at radius 1 is 1.17 bits per heavy atom. The van der Waals surface area contributed by atoms with Crippen LogP contribution >= 0.6 is 11.3 Å². The lowest BCUT2D eigenvalue weighted by atomic mass is 10.1. The quantitative estimate of drug-likeness (QED) is 0.834. The fourth-order valence-electron chi connectivity index (χ4n) is 3.09. The van der Waals surface area contributed by atoms with E-state index in [4.69, 9.17) is 10.5 Å². The zero-order chi connectivity index (χ0) is 17.1. The van der Waals surface area contributed by atoms with Crippen LogP contribution in [0.3, 0.4) is 0 Å². The fraction of sp³-hybridized carbons (Fsp3) is 0.333. The van der Waals surface area contributed by atoms with Gasteiger partial charge in [0.2, 0.25) is 0 Å². The van der Waals surface area contributed by atoms with E-state index >= 15 is 0 Å². The number of fused-ring (bicyclic) bond motifs is 1. The molecule has 3 N–H and O–H groups in total. The Balaban J connectivity index is 1.95. The minimum atomic E-state index is -0.482. The van der Waals surface area contributed by atoms with Crippen molar-refractivity contribution in [1.29, 1.82) is 0 Å². The first-order chi connectivity index (χ1) is 11.6. The van der Waals surface area contributed by atoms with Gasteiger partial charge in [0.05, 0.1) is 18.2 Å². The maximum atomic E-state index is 12.6. The molecule has 0 atom stereocenters. The standard InChI is InChI=1S/C18H20N2O3S/c1-23-13-9-6-5-7-11(13)17(22)20-18-15(16(19)21)12-8-3-2-4-10-14(12)24-18/h5-7,9H,2-4,8,10H2,1H3,(H2,19,21)(H,20,22). The summed E-state index contributed by atoms with van der Waals surface area (Å²) >= 11 is 1.47. The highest BCUT2D eigenvalue weighted by molar-refractivity contribution is 7.17. The number of para-hydroxylation sites is 1. The highest BCUT2D eigenvalue weighted by Gasteiger charge is 2.25. The summed E-state index contributed by atoms with van der Waals surface area (Å²) in [4.78, 5) is 25.7. The lowest BCUT2D eigenvalue weighted by Crippen LogP contribution is -2.18. The fourth-order valence-corrected chi connectivity index (χ4v) is 4.38. The first-order valence-corrected chi connectivity index (χ1v) is 8.82. The molecule has 1 aromatic carbocycles. The van der Waals surface area contributed by atoms with E-state index in [2.05, 4.69) is 5.32 Å². The number of carbonyl (C=O) groups is 2. The number of hydrogen-bond donors (Lipinski definition) is 2. The van der Waals surface area contributed by atoms with Crippen molar-refractivity contribution in [1.82, 2.24) is 0 Å². The average molecular weight is 344 g/mol. The maximum absolute atomic E-state index is 12.6. The number of aryl methyl sites for hydroxylation is 1. The molecule has 1 aliphatic rings. The number of primary amides is 1. The number of benzene rings is 1. The molecule has 0 saturated carbocycles. The Morgan fingerprint density at radius 3 is 2.67 bits per heavy atom. The zero-order valence-corrected chi connectivity index (χ0v) is 14.4. The van der Waals surface area contributed by atoms with Gasteiger partial charge in [-0.25, -0.2) is 0 Å². The van der Waals surface area contributed by atoms with Crippen LogP contribution in [-0.4, -0.2) is 18.9 Å². The number of thiophene rings is 1. The third-order valence-corrected chi connectivity index (χ3v) is 5.45. The average Bonchev–Trinajstić information content (AvgIpc) is 2.76. The molecule has 1 aromatic heterocycles. The van der Waals surface area contributed by atoms with Crippen molar-refractivity contribution >= 4 is 28.2 Å². The SMILES string of the molecule is COc1ccccc1C(=O)Nc1sc2c(c1C(N)=O)CCCCC2. The Morgan fingerprint density at radius 2 is 1.92 bits per heavy atom. The normalized spacial score (nSPS) is 13.7. The number of nitrogens with one attached hydrogen (secondary N) is 1. The van der Waals surface area contributed by atoms with Crippen molar-refractivity contribution in [3.63, 3.8) is 0 Å². The number of amides is 2. The van der Waals surface area contributed by atoms with Crippen LogP contribution in [0.15, 0.2) is 24.3 Å². The molecule has 3 rings (SSSR count). The summed E-state index contributed by atoms with van der Waals surface area (Å²) in [6.45, 7) is 0. The molecule has 0 spiro atoms. The first-order valence-electron chi connectivity index (χ1n) is 8.00. The summed E-state index contributed by atoms with van der Waals surface area (Å²) < 4.78 is 5.23. The van der Waals surface area contributed by atoms with Crippen LogP contribution in [0.25, 0.3) is 0 Å². The summed E-state index contributed by atoms with van der Waals surface area (Å²) in [5, 5.41) is 3.41. The third-order valence-electron chi connectivity index (χ3n) is 4.25. The molecule has 6 heteroatoms. The number of nitrogens with two attached hydrogens (primary N) is 1. The number of rotatable bonds is 4. The van der Waals surface area contributed by atoms with Gasteiger partial charge in [-0.3, -0.25) is 9.59 Å². The molecule has 0 bridgehead atoms. The van der Waals surface area contributed by atoms with Gasteiger partial charge < -0.3 is 15.8 Å². The molecular formula is C18H20N2O3S. The molecule has 24 heavy (non-hydrogen) atoms. The number of anilines is 1. The molecule has 126 valence electrons. The second-order valence-electron chi connectivity index (χ2n) is 5.79. The molecule has 0 saturated heterocycles. The molecule has 1 aliphatic carbocycles. The Labute approximate surface area is 144 Å². The molecule has 5 nitrogen and oxygen atoms in total. The van der Waals surface area contributed by atoms with Gasteiger partial charge in [0.25, 0.3) is 11.8 Å². The van der Waals surface area contributed by atoms with Gasteiger partial charge in [0, 0.05) is 4.88 Å². The summed E-state index contributed by atoms with van der Waals surface area (Å²) in [6.07, 6.45) is 5.08. The van der Waals surface area contributed by atoms with Crippen LogP contribution in [0.1, 0.15) is 50.4 Å². The van der Waals surface area contributed by atoms with E-state index in [0.29, 0.717) is 21.9 Å². The maximum Gasteiger partial charge on any atom is 0.260 e. The summed E-state index contributed by atoms with van der Waals surface area (Å²) in [5.74, 6) is -0.287. The molecule has 1 heterocycles. The summed E-state index contributed by atoms with van der Waals surface area (Å²) in [5.41, 5.74) is 7.51. The smallest absolute Gasteiger partial charge is 0.260 e. The number of hydrogen-bond acceptors (Lipinski definition) is 4. The topological polar surface area (TPSA) is 81.4 Å². The van der Waals surface area contributed by atoms with Crippen LogP contribution in [0.2, 0.25) is 0 Å². The minimum absolute atomic E-state index is 0.300. The third kappa shape index (κ3) is 3.14. The highest BCUT2D eigenvalue weighted by Crippen LogP contribution is 2.37. The highest BCUT2D eigenvalue weighted by atomic mass is 32.1. The van der Waals surface area contributed by atoms with E-state index in [1.54, 1.807) is 24.3 Å². The van der Waals surface area contributed by atoms with Crippen molar-refractivity contribution in [2.24, 2.45) is 5.73 Å². The Kier molecular flexibility index (Phi) is 4.85. The van der Waals surface area contributed by atoms with E-state index in [1.165, 1.54) is 18.4 Å². The summed E-state index contributed by atoms with van der Waals surface area (Å²) in [7, 11) is 1.52. The van der Waals surface area contributed by atoms with E-state index < -0.39 is 5.91 Å². The minimum Gasteiger partial charge on any atom is -0.496 e. The molecule has 0 aliphatic heterocycles. The zero-order valence-electron chi connectivity index (χ0n) is 13.6. The predicted molar refractivity (Wildman–Crippen MR) is 95.0 cm³/mol. The van der Waals surface area contributed by atoms with Crippen molar-refractivity contribution in [3.8, 4) is 5.75 Å². The van der Waals surface area contributed by atoms with Crippen LogP contribution in [0, 0.1) is 0 Å². The first kappa shape index (κ1) is 16.5. The molecule has 2 aromatic rings. The van der Waals surface area contributed by atoms with E-state index in [-0.39, 0.29) is 5.91 Å². The number of carbonyl (C=O) groups excluding carboxylic acids is 2. The van der Waals surface area contributed by atoms with E-state index in [9.17, 15) is 9.59 Å². The second kappa shape index (κ2) is 7.05. The molecule has 0 unspecified atom stereocenters. The lowest BCUT2D eigenvalue weighted by Gasteiger charge is -2.09. The van der Waals surface area contributed by atoms with Crippen LogP contribution in [0.4, 0.5) is 5.00 Å². The molecular weight excluding hydrogens is 324 g/mol. The van der Waals surface area contributed by atoms with Crippen LogP contribution in [0.5, 0.6) is 5.75 Å². The monoisotopic (exact) mass is 344 g/mol. The summed E-state index contributed by atoms with van der Waals surface area (Å²) in [6, 6.07) is 7.00. The second-order valence-corrected chi connectivity index (χ2v) is 6.89. The number of ether oxygens (including phenoxy) is 1. The van der Waals surface area contributed by atoms with Gasteiger partial charge in [-0.2, -0.15) is 0 Å². The Hall–Kier alpha value is -2.34. The van der Waals surface area contributed by atoms with Gasteiger partial charge in [-0.15, -0.1) is 11.3 Å². The van der Waals surface area contributed by atoms with Gasteiger partial charge in [-0.05, 0) is 43.4 Å². The predicted octanol–water partition coefficient (Wildman–Crippen LogP) is 3.38. The van der Waals surface area contributed by atoms with Gasteiger partial charge in [0.15, 0.2) is 0 Å². The Bertz CT molecular complexity index is 783. The molecule has 0 radical (unpaired) electrons. The van der Waals surface area contributed by atoms with Crippen molar-refractivity contribution in [2.75, 3.05) is 12.4 Å².